The van der Waals surface area contributed by atoms with E-state index < -0.39 is 0 Å². The van der Waals surface area contributed by atoms with Crippen molar-refractivity contribution in [1.82, 2.24) is 15.5 Å². The quantitative estimate of drug-likeness (QED) is 0.608. The highest BCUT2D eigenvalue weighted by atomic mass is 79.9. The van der Waals surface area contributed by atoms with E-state index in [0.717, 1.165) is 24.1 Å². The normalized spacial score (nSPS) is 14.9. The molecule has 2 aromatic rings. The molecule has 1 aromatic heterocycles. The number of carbonyl (C=O) groups is 2. The molecule has 0 aliphatic heterocycles. The summed E-state index contributed by atoms with van der Waals surface area (Å²) in [5, 5.41) is 13.0. The Bertz CT molecular complexity index is 869. The van der Waals surface area contributed by atoms with Gasteiger partial charge in [0.1, 0.15) is 0 Å². The number of hydrogen-bond donors (Lipinski definition) is 3. The van der Waals surface area contributed by atoms with E-state index in [2.05, 4.69) is 36.8 Å². The molecule has 7 heteroatoms. The van der Waals surface area contributed by atoms with Gasteiger partial charge < -0.3 is 10.6 Å². The van der Waals surface area contributed by atoms with Crippen LogP contribution in [0.4, 0.5) is 5.69 Å². The van der Waals surface area contributed by atoms with Crippen LogP contribution in [0.1, 0.15) is 84.0 Å². The maximum Gasteiger partial charge on any atom is 0.277 e. The summed E-state index contributed by atoms with van der Waals surface area (Å²) in [5.41, 5.74) is 3.32. The summed E-state index contributed by atoms with van der Waals surface area (Å²) in [7, 11) is 0. The predicted octanol–water partition coefficient (Wildman–Crippen LogP) is 4.92. The van der Waals surface area contributed by atoms with Crippen molar-refractivity contribution in [3.63, 3.8) is 0 Å². The van der Waals surface area contributed by atoms with Gasteiger partial charge in [0.05, 0.1) is 10.2 Å². The van der Waals surface area contributed by atoms with Crippen molar-refractivity contribution in [2.45, 2.75) is 64.8 Å². The minimum absolute atomic E-state index is 0.0514. The van der Waals surface area contributed by atoms with E-state index >= 15 is 0 Å². The molecule has 6 nitrogen and oxygen atoms in total. The Hall–Kier alpha value is -2.15. The lowest BCUT2D eigenvalue weighted by molar-refractivity contribution is 0.0927. The topological polar surface area (TPSA) is 86.9 Å². The molecule has 28 heavy (non-hydrogen) atoms. The number of H-pyrrole nitrogens is 1. The zero-order chi connectivity index (χ0) is 20.3. The number of aromatic nitrogens is 2. The first-order chi connectivity index (χ1) is 13.4. The molecule has 1 heterocycles. The first kappa shape index (κ1) is 20.6. The number of anilines is 1. The van der Waals surface area contributed by atoms with Gasteiger partial charge in [0.25, 0.3) is 11.8 Å². The Morgan fingerprint density at radius 1 is 1.18 bits per heavy atom. The van der Waals surface area contributed by atoms with E-state index in [1.54, 1.807) is 12.1 Å². The van der Waals surface area contributed by atoms with Gasteiger partial charge in [-0.2, -0.15) is 5.10 Å². The Kier molecular flexibility index (Phi) is 6.54. The van der Waals surface area contributed by atoms with E-state index in [4.69, 9.17) is 0 Å². The molecule has 1 aromatic carbocycles. The summed E-state index contributed by atoms with van der Waals surface area (Å²) >= 11 is 3.45. The molecule has 0 saturated heterocycles. The third-order valence-electron chi connectivity index (χ3n) is 5.20. The summed E-state index contributed by atoms with van der Waals surface area (Å²) in [6.07, 6.45) is 5.71. The van der Waals surface area contributed by atoms with E-state index in [9.17, 15) is 9.59 Å². The van der Waals surface area contributed by atoms with Crippen LogP contribution in [0.5, 0.6) is 0 Å². The molecule has 1 saturated carbocycles. The van der Waals surface area contributed by atoms with Crippen molar-refractivity contribution < 1.29 is 9.59 Å². The SMILES string of the molecule is Cc1cc(C(=O)NC2CCCCC2)ccc1NC(=O)c1n[nH]c(C(C)C)c1Br. The highest BCUT2D eigenvalue weighted by molar-refractivity contribution is 9.10. The number of benzene rings is 1. The number of amides is 2. The molecular formula is C21H27BrN4O2. The molecule has 1 aliphatic carbocycles. The van der Waals surface area contributed by atoms with E-state index in [1.807, 2.05) is 26.8 Å². The number of rotatable bonds is 5. The second-order valence-corrected chi connectivity index (χ2v) is 8.54. The van der Waals surface area contributed by atoms with Gasteiger partial charge in [0, 0.05) is 17.3 Å². The standard InChI is InChI=1S/C21H27BrN4O2/c1-12(2)18-17(22)19(26-25-18)21(28)24-16-10-9-14(11-13(16)3)20(27)23-15-7-5-4-6-8-15/h9-12,15H,4-8H2,1-3H3,(H,23,27)(H,24,28)(H,25,26). The predicted molar refractivity (Wildman–Crippen MR) is 114 cm³/mol. The Balaban J connectivity index is 1.68. The van der Waals surface area contributed by atoms with Crippen molar-refractivity contribution >= 4 is 33.4 Å². The van der Waals surface area contributed by atoms with E-state index in [0.29, 0.717) is 21.4 Å². The maximum absolute atomic E-state index is 12.6. The molecule has 0 unspecified atom stereocenters. The number of nitrogens with one attached hydrogen (secondary N) is 3. The largest absolute Gasteiger partial charge is 0.349 e. The number of aryl methyl sites for hydroxylation is 1. The Labute approximate surface area is 174 Å². The molecule has 0 spiro atoms. The van der Waals surface area contributed by atoms with Crippen LogP contribution in [0.3, 0.4) is 0 Å². The van der Waals surface area contributed by atoms with Crippen LogP contribution in [-0.4, -0.2) is 28.1 Å². The van der Waals surface area contributed by atoms with Gasteiger partial charge in [-0.15, -0.1) is 0 Å². The molecule has 1 fully saturated rings. The van der Waals surface area contributed by atoms with Crippen molar-refractivity contribution in [2.24, 2.45) is 0 Å². The summed E-state index contributed by atoms with van der Waals surface area (Å²) < 4.78 is 0.682. The monoisotopic (exact) mass is 446 g/mol. The van der Waals surface area contributed by atoms with Gasteiger partial charge in [0.2, 0.25) is 0 Å². The summed E-state index contributed by atoms with van der Waals surface area (Å²) in [6, 6.07) is 5.60. The highest BCUT2D eigenvalue weighted by Crippen LogP contribution is 2.27. The van der Waals surface area contributed by atoms with Gasteiger partial charge >= 0.3 is 0 Å². The minimum Gasteiger partial charge on any atom is -0.349 e. The van der Waals surface area contributed by atoms with Crippen LogP contribution >= 0.6 is 15.9 Å². The fraction of sp³-hybridized carbons (Fsp3) is 0.476. The zero-order valence-electron chi connectivity index (χ0n) is 16.6. The van der Waals surface area contributed by atoms with Crippen molar-refractivity contribution in [1.29, 1.82) is 0 Å². The van der Waals surface area contributed by atoms with E-state index in [1.165, 1.54) is 19.3 Å². The van der Waals surface area contributed by atoms with Crippen LogP contribution in [0.25, 0.3) is 0 Å². The molecule has 0 radical (unpaired) electrons. The van der Waals surface area contributed by atoms with Crippen LogP contribution < -0.4 is 10.6 Å². The molecule has 1 aliphatic rings. The molecule has 0 atom stereocenters. The van der Waals surface area contributed by atoms with Gasteiger partial charge in [-0.3, -0.25) is 14.7 Å². The van der Waals surface area contributed by atoms with Crippen LogP contribution in [0, 0.1) is 6.92 Å². The number of aromatic amines is 1. The van der Waals surface area contributed by atoms with Crippen LogP contribution in [0.15, 0.2) is 22.7 Å². The van der Waals surface area contributed by atoms with Crippen molar-refractivity contribution in [2.75, 3.05) is 5.32 Å². The number of hydrogen-bond acceptors (Lipinski definition) is 3. The van der Waals surface area contributed by atoms with Gasteiger partial charge in [0.15, 0.2) is 5.69 Å². The second kappa shape index (κ2) is 8.90. The van der Waals surface area contributed by atoms with Gasteiger partial charge in [-0.05, 0) is 65.4 Å². The summed E-state index contributed by atoms with van der Waals surface area (Å²) in [5.74, 6) is -0.117. The maximum atomic E-state index is 12.6. The van der Waals surface area contributed by atoms with Crippen LogP contribution in [-0.2, 0) is 0 Å². The fourth-order valence-corrected chi connectivity index (χ4v) is 4.33. The number of halogens is 1. The Morgan fingerprint density at radius 3 is 2.50 bits per heavy atom. The fourth-order valence-electron chi connectivity index (χ4n) is 3.52. The molecular weight excluding hydrogens is 420 g/mol. The lowest BCUT2D eigenvalue weighted by Gasteiger charge is -2.23. The molecule has 3 rings (SSSR count). The number of nitrogens with zero attached hydrogens (tertiary/aromatic N) is 1. The van der Waals surface area contributed by atoms with E-state index in [-0.39, 0.29) is 23.8 Å². The minimum atomic E-state index is -0.294. The number of carbonyl (C=O) groups excluding carboxylic acids is 2. The average Bonchev–Trinajstić information content (AvgIpc) is 3.06. The summed E-state index contributed by atoms with van der Waals surface area (Å²) in [4.78, 5) is 25.1. The first-order valence-electron chi connectivity index (χ1n) is 9.83. The Morgan fingerprint density at radius 2 is 1.89 bits per heavy atom. The highest BCUT2D eigenvalue weighted by Gasteiger charge is 2.21. The lowest BCUT2D eigenvalue weighted by Crippen LogP contribution is -2.36. The molecule has 2 amide bonds. The molecule has 150 valence electrons. The van der Waals surface area contributed by atoms with Crippen molar-refractivity contribution in [3.05, 3.63) is 45.2 Å². The second-order valence-electron chi connectivity index (χ2n) is 7.75. The van der Waals surface area contributed by atoms with Gasteiger partial charge in [-0.25, -0.2) is 0 Å². The van der Waals surface area contributed by atoms with Crippen molar-refractivity contribution in [3.8, 4) is 0 Å². The first-order valence-corrected chi connectivity index (χ1v) is 10.6. The average molecular weight is 447 g/mol. The van der Waals surface area contributed by atoms with Crippen LogP contribution in [0.2, 0.25) is 0 Å². The zero-order valence-corrected chi connectivity index (χ0v) is 18.1. The third-order valence-corrected chi connectivity index (χ3v) is 6.00. The summed E-state index contributed by atoms with van der Waals surface area (Å²) in [6.45, 7) is 5.94. The van der Waals surface area contributed by atoms with Gasteiger partial charge in [-0.1, -0.05) is 33.1 Å². The lowest BCUT2D eigenvalue weighted by atomic mass is 9.95. The molecule has 0 bridgehead atoms. The smallest absolute Gasteiger partial charge is 0.277 e. The molecule has 3 N–H and O–H groups in total. The third kappa shape index (κ3) is 4.63.